The van der Waals surface area contributed by atoms with Crippen LogP contribution in [0.4, 0.5) is 11.4 Å². The molecule has 3 N–H and O–H groups in total. The van der Waals surface area contributed by atoms with Crippen molar-refractivity contribution in [3.8, 4) is 0 Å². The first-order chi connectivity index (χ1) is 12.1. The van der Waals surface area contributed by atoms with Gasteiger partial charge in [0.25, 0.3) is 0 Å². The van der Waals surface area contributed by atoms with Crippen LogP contribution >= 0.6 is 15.9 Å². The minimum Gasteiger partial charge on any atom is -0.377 e. The van der Waals surface area contributed by atoms with Gasteiger partial charge in [-0.2, -0.15) is 0 Å². The van der Waals surface area contributed by atoms with Crippen molar-refractivity contribution >= 4 is 44.1 Å². The lowest BCUT2D eigenvalue weighted by molar-refractivity contribution is -0.114. The van der Waals surface area contributed by atoms with Crippen molar-refractivity contribution in [1.29, 1.82) is 0 Å². The Labute approximate surface area is 155 Å². The summed E-state index contributed by atoms with van der Waals surface area (Å²) in [5.74, 6) is -0.0538. The summed E-state index contributed by atoms with van der Waals surface area (Å²) in [7, 11) is 0. The molecule has 0 spiro atoms. The van der Waals surface area contributed by atoms with E-state index in [1.807, 2.05) is 24.3 Å². The normalized spacial score (nSPS) is 16.5. The Hall–Kier alpha value is -2.27. The maximum absolute atomic E-state index is 11.1. The van der Waals surface area contributed by atoms with E-state index in [0.717, 1.165) is 28.7 Å². The molecule has 1 unspecified atom stereocenters. The highest BCUT2D eigenvalue weighted by molar-refractivity contribution is 9.10. The number of fused-ring (bicyclic) bond motifs is 3. The number of aryl methyl sites for hydroxylation is 1. The number of H-pyrrole nitrogens is 1. The molecule has 0 fully saturated rings. The Kier molecular flexibility index (Phi) is 4.25. The molecule has 4 nitrogen and oxygen atoms in total. The first kappa shape index (κ1) is 16.2. The summed E-state index contributed by atoms with van der Waals surface area (Å²) in [4.78, 5) is 14.7. The van der Waals surface area contributed by atoms with Gasteiger partial charge in [0.2, 0.25) is 5.91 Å². The Morgan fingerprint density at radius 2 is 1.92 bits per heavy atom. The lowest BCUT2D eigenvalue weighted by atomic mass is 9.91. The summed E-state index contributed by atoms with van der Waals surface area (Å²) in [6.45, 7) is 1.52. The average Bonchev–Trinajstić information content (AvgIpc) is 2.95. The van der Waals surface area contributed by atoms with Crippen LogP contribution in [0.1, 0.15) is 37.1 Å². The Morgan fingerprint density at radius 3 is 2.68 bits per heavy atom. The Bertz CT molecular complexity index is 930. The molecule has 25 heavy (non-hydrogen) atoms. The van der Waals surface area contributed by atoms with Crippen molar-refractivity contribution in [2.75, 3.05) is 10.6 Å². The Balaban J connectivity index is 1.60. The van der Waals surface area contributed by atoms with Crippen LogP contribution in [0.5, 0.6) is 0 Å². The van der Waals surface area contributed by atoms with Crippen LogP contribution < -0.4 is 10.6 Å². The zero-order chi connectivity index (χ0) is 17.4. The highest BCUT2D eigenvalue weighted by atomic mass is 79.9. The van der Waals surface area contributed by atoms with Crippen LogP contribution in [0.2, 0.25) is 0 Å². The number of aromatic amines is 1. The highest BCUT2D eigenvalue weighted by Gasteiger charge is 2.24. The van der Waals surface area contributed by atoms with Gasteiger partial charge in [0.1, 0.15) is 0 Å². The maximum atomic E-state index is 11.1. The van der Waals surface area contributed by atoms with Gasteiger partial charge in [-0.1, -0.05) is 15.9 Å². The fraction of sp³-hybridized carbons (Fsp3) is 0.250. The topological polar surface area (TPSA) is 56.9 Å². The van der Waals surface area contributed by atoms with Crippen LogP contribution in [0.3, 0.4) is 0 Å². The van der Waals surface area contributed by atoms with E-state index in [1.54, 1.807) is 0 Å². The molecule has 3 aromatic rings. The number of carbonyl (C=O) groups excluding carboxylic acids is 1. The lowest BCUT2D eigenvalue weighted by Gasteiger charge is -2.25. The molecule has 0 radical (unpaired) electrons. The molecule has 128 valence electrons. The van der Waals surface area contributed by atoms with E-state index < -0.39 is 0 Å². The molecular formula is C20H20BrN3O. The molecule has 1 aliphatic rings. The van der Waals surface area contributed by atoms with Crippen molar-refractivity contribution in [2.24, 2.45) is 0 Å². The van der Waals surface area contributed by atoms with Crippen LogP contribution in [-0.2, 0) is 11.2 Å². The second-order valence-corrected chi connectivity index (χ2v) is 7.47. The second kappa shape index (κ2) is 6.56. The van der Waals surface area contributed by atoms with Gasteiger partial charge in [-0.25, -0.2) is 0 Å². The summed E-state index contributed by atoms with van der Waals surface area (Å²) in [5, 5.41) is 7.75. The molecule has 1 atom stereocenters. The fourth-order valence-electron chi connectivity index (χ4n) is 3.63. The van der Waals surface area contributed by atoms with Crippen molar-refractivity contribution in [3.63, 3.8) is 0 Å². The monoisotopic (exact) mass is 397 g/mol. The number of nitrogens with one attached hydrogen (secondary N) is 3. The Morgan fingerprint density at radius 1 is 1.16 bits per heavy atom. The SMILES string of the molecule is CC(=O)Nc1ccc(NC2CCCc3c2[nH]c2ccc(Br)cc32)cc1. The number of benzene rings is 2. The predicted octanol–water partition coefficient (Wildman–Crippen LogP) is 5.38. The number of halogens is 1. The average molecular weight is 398 g/mol. The number of amides is 1. The van der Waals surface area contributed by atoms with Gasteiger partial charge < -0.3 is 15.6 Å². The number of rotatable bonds is 3. The largest absolute Gasteiger partial charge is 0.377 e. The van der Waals surface area contributed by atoms with Crippen molar-refractivity contribution in [3.05, 3.63) is 58.2 Å². The predicted molar refractivity (Wildman–Crippen MR) is 106 cm³/mol. The lowest BCUT2D eigenvalue weighted by Crippen LogP contribution is -2.17. The number of carbonyl (C=O) groups is 1. The maximum Gasteiger partial charge on any atom is 0.221 e. The molecular weight excluding hydrogens is 378 g/mol. The molecule has 0 bridgehead atoms. The standard InChI is InChI=1S/C20H20BrN3O/c1-12(25)22-14-6-8-15(9-7-14)23-19-4-2-3-16-17-11-13(21)5-10-18(17)24-20(16)19/h5-11,19,23-24H,2-4H2,1H3,(H,22,25). The molecule has 1 heterocycles. The van der Waals surface area contributed by atoms with Gasteiger partial charge in [-0.3, -0.25) is 4.79 Å². The molecule has 5 heteroatoms. The summed E-state index contributed by atoms with van der Waals surface area (Å²) in [6.07, 6.45) is 3.40. The van der Waals surface area contributed by atoms with Crippen molar-refractivity contribution in [2.45, 2.75) is 32.2 Å². The van der Waals surface area contributed by atoms with E-state index in [2.05, 4.69) is 49.7 Å². The van der Waals surface area contributed by atoms with E-state index in [1.165, 1.54) is 35.5 Å². The van der Waals surface area contributed by atoms with Crippen molar-refractivity contribution in [1.82, 2.24) is 4.98 Å². The van der Waals surface area contributed by atoms with E-state index in [-0.39, 0.29) is 11.9 Å². The van der Waals surface area contributed by atoms with Crippen LogP contribution in [0.15, 0.2) is 46.9 Å². The third kappa shape index (κ3) is 3.29. The number of hydrogen-bond acceptors (Lipinski definition) is 2. The smallest absolute Gasteiger partial charge is 0.221 e. The second-order valence-electron chi connectivity index (χ2n) is 6.55. The van der Waals surface area contributed by atoms with E-state index in [4.69, 9.17) is 0 Å². The van der Waals surface area contributed by atoms with E-state index >= 15 is 0 Å². The van der Waals surface area contributed by atoms with E-state index in [9.17, 15) is 4.79 Å². The highest BCUT2D eigenvalue weighted by Crippen LogP contribution is 2.37. The molecule has 2 aromatic carbocycles. The number of aromatic nitrogens is 1. The van der Waals surface area contributed by atoms with Crippen LogP contribution in [0.25, 0.3) is 10.9 Å². The van der Waals surface area contributed by atoms with Gasteiger partial charge in [-0.15, -0.1) is 0 Å². The zero-order valence-electron chi connectivity index (χ0n) is 14.0. The van der Waals surface area contributed by atoms with Crippen LogP contribution in [0, 0.1) is 0 Å². The molecule has 0 saturated carbocycles. The van der Waals surface area contributed by atoms with Gasteiger partial charge >= 0.3 is 0 Å². The minimum atomic E-state index is -0.0538. The summed E-state index contributed by atoms with van der Waals surface area (Å²) < 4.78 is 1.12. The van der Waals surface area contributed by atoms with Gasteiger partial charge in [0.05, 0.1) is 6.04 Å². The third-order valence-electron chi connectivity index (χ3n) is 4.72. The van der Waals surface area contributed by atoms with Crippen molar-refractivity contribution < 1.29 is 4.79 Å². The minimum absolute atomic E-state index is 0.0538. The molecule has 0 saturated heterocycles. The summed E-state index contributed by atoms with van der Waals surface area (Å²) in [5.41, 5.74) is 5.80. The number of anilines is 2. The molecule has 0 aliphatic heterocycles. The summed E-state index contributed by atoms with van der Waals surface area (Å²) in [6, 6.07) is 14.6. The quantitative estimate of drug-likeness (QED) is 0.555. The van der Waals surface area contributed by atoms with Gasteiger partial charge in [-0.05, 0) is 67.3 Å². The number of hydrogen-bond donors (Lipinski definition) is 3. The molecule has 1 aromatic heterocycles. The van der Waals surface area contributed by atoms with Gasteiger partial charge in [0, 0.05) is 39.4 Å². The first-order valence-electron chi connectivity index (χ1n) is 8.54. The molecule has 1 aliphatic carbocycles. The van der Waals surface area contributed by atoms with E-state index in [0.29, 0.717) is 0 Å². The zero-order valence-corrected chi connectivity index (χ0v) is 15.6. The molecule has 4 rings (SSSR count). The first-order valence-corrected chi connectivity index (χ1v) is 9.33. The van der Waals surface area contributed by atoms with Gasteiger partial charge in [0.15, 0.2) is 0 Å². The molecule has 1 amide bonds. The summed E-state index contributed by atoms with van der Waals surface area (Å²) >= 11 is 3.58. The fourth-order valence-corrected chi connectivity index (χ4v) is 3.99. The van der Waals surface area contributed by atoms with Crippen LogP contribution in [-0.4, -0.2) is 10.9 Å². The third-order valence-corrected chi connectivity index (χ3v) is 5.21.